The van der Waals surface area contributed by atoms with Crippen molar-refractivity contribution in [3.63, 3.8) is 0 Å². The standard InChI is InChI=1S/C26H27ClN6O2/c1-3-22(32(14-13-28-2)25(34)19-9-11-29-12-10-19)24-31-23-21(15-20(27)16-30-23)26(35)33(24)17-18-7-5-4-6-8-18/h4-12,15-16,22,28H,3,13-14,17H2,1-2H3. The van der Waals surface area contributed by atoms with Crippen molar-refractivity contribution in [2.75, 3.05) is 20.1 Å². The first-order valence-corrected chi connectivity index (χ1v) is 11.9. The van der Waals surface area contributed by atoms with Gasteiger partial charge in [-0.25, -0.2) is 9.97 Å². The van der Waals surface area contributed by atoms with E-state index in [1.54, 1.807) is 40.1 Å². The van der Waals surface area contributed by atoms with Crippen molar-refractivity contribution in [3.05, 3.63) is 99.4 Å². The fourth-order valence-corrected chi connectivity index (χ4v) is 4.26. The van der Waals surface area contributed by atoms with E-state index >= 15 is 0 Å². The molecule has 9 heteroatoms. The number of rotatable bonds is 9. The van der Waals surface area contributed by atoms with E-state index in [4.69, 9.17) is 16.6 Å². The third-order valence-corrected chi connectivity index (χ3v) is 6.05. The molecule has 180 valence electrons. The first-order valence-electron chi connectivity index (χ1n) is 11.5. The molecule has 4 rings (SSSR count). The van der Waals surface area contributed by atoms with E-state index < -0.39 is 6.04 Å². The Kier molecular flexibility index (Phi) is 7.84. The van der Waals surface area contributed by atoms with E-state index in [1.165, 1.54) is 6.20 Å². The molecule has 8 nitrogen and oxygen atoms in total. The van der Waals surface area contributed by atoms with Gasteiger partial charge < -0.3 is 10.2 Å². The molecule has 1 unspecified atom stereocenters. The molecule has 0 saturated heterocycles. The summed E-state index contributed by atoms with van der Waals surface area (Å²) >= 11 is 6.15. The molecule has 1 atom stereocenters. The lowest BCUT2D eigenvalue weighted by molar-refractivity contribution is 0.0660. The molecule has 1 N–H and O–H groups in total. The van der Waals surface area contributed by atoms with Gasteiger partial charge in [0.2, 0.25) is 0 Å². The van der Waals surface area contributed by atoms with Crippen molar-refractivity contribution in [1.29, 1.82) is 0 Å². The number of carbonyl (C=O) groups excluding carboxylic acids is 1. The minimum atomic E-state index is -0.456. The van der Waals surface area contributed by atoms with Gasteiger partial charge in [0.25, 0.3) is 11.5 Å². The summed E-state index contributed by atoms with van der Waals surface area (Å²) in [6, 6.07) is 14.2. The molecule has 0 saturated carbocycles. The van der Waals surface area contributed by atoms with Crippen LogP contribution in [0.2, 0.25) is 5.02 Å². The van der Waals surface area contributed by atoms with Gasteiger partial charge in [-0.2, -0.15) is 0 Å². The van der Waals surface area contributed by atoms with Gasteiger partial charge in [-0.05, 0) is 37.2 Å². The summed E-state index contributed by atoms with van der Waals surface area (Å²) in [4.78, 5) is 42.2. The van der Waals surface area contributed by atoms with E-state index in [2.05, 4.69) is 15.3 Å². The van der Waals surface area contributed by atoms with Crippen LogP contribution in [-0.2, 0) is 6.54 Å². The molecule has 0 aliphatic carbocycles. The zero-order chi connectivity index (χ0) is 24.8. The largest absolute Gasteiger partial charge is 0.327 e. The van der Waals surface area contributed by atoms with Crippen LogP contribution in [0.15, 0.2) is 71.9 Å². The molecule has 4 aromatic rings. The van der Waals surface area contributed by atoms with Crippen LogP contribution >= 0.6 is 11.6 Å². The van der Waals surface area contributed by atoms with Crippen LogP contribution in [0.4, 0.5) is 0 Å². The van der Waals surface area contributed by atoms with Gasteiger partial charge in [-0.15, -0.1) is 0 Å². The number of likely N-dealkylation sites (N-methyl/N-ethyl adjacent to an activating group) is 1. The number of fused-ring (bicyclic) bond motifs is 1. The summed E-state index contributed by atoms with van der Waals surface area (Å²) < 4.78 is 1.63. The Morgan fingerprint density at radius 2 is 1.91 bits per heavy atom. The summed E-state index contributed by atoms with van der Waals surface area (Å²) in [7, 11) is 1.84. The van der Waals surface area contributed by atoms with Gasteiger partial charge >= 0.3 is 0 Å². The molecule has 3 aromatic heterocycles. The highest BCUT2D eigenvalue weighted by molar-refractivity contribution is 6.31. The first-order chi connectivity index (χ1) is 17.0. The minimum Gasteiger partial charge on any atom is -0.327 e. The van der Waals surface area contributed by atoms with Crippen molar-refractivity contribution in [3.8, 4) is 0 Å². The number of nitrogens with one attached hydrogen (secondary N) is 1. The molecular formula is C26H27ClN6O2. The van der Waals surface area contributed by atoms with E-state index in [-0.39, 0.29) is 11.5 Å². The van der Waals surface area contributed by atoms with Gasteiger partial charge in [0.05, 0.1) is 23.0 Å². The van der Waals surface area contributed by atoms with Crippen molar-refractivity contribution >= 4 is 28.5 Å². The van der Waals surface area contributed by atoms with Crippen LogP contribution in [0.25, 0.3) is 11.0 Å². The number of halogens is 1. The maximum absolute atomic E-state index is 13.7. The average molecular weight is 491 g/mol. The summed E-state index contributed by atoms with van der Waals surface area (Å²) in [5.74, 6) is 0.335. The van der Waals surface area contributed by atoms with Gasteiger partial charge in [0.1, 0.15) is 5.82 Å². The number of nitrogens with zero attached hydrogens (tertiary/aromatic N) is 5. The number of carbonyl (C=O) groups is 1. The van der Waals surface area contributed by atoms with E-state index in [0.29, 0.717) is 53.5 Å². The average Bonchev–Trinajstić information content (AvgIpc) is 2.89. The lowest BCUT2D eigenvalue weighted by atomic mass is 10.1. The number of benzene rings is 1. The molecule has 0 aliphatic rings. The normalized spacial score (nSPS) is 12.0. The summed E-state index contributed by atoms with van der Waals surface area (Å²) in [6.45, 7) is 3.31. The van der Waals surface area contributed by atoms with Crippen molar-refractivity contribution in [1.82, 2.24) is 29.7 Å². The summed E-state index contributed by atoms with van der Waals surface area (Å²) in [6.07, 6.45) is 5.22. The second-order valence-electron chi connectivity index (χ2n) is 8.13. The predicted molar refractivity (Wildman–Crippen MR) is 137 cm³/mol. The Morgan fingerprint density at radius 3 is 2.60 bits per heavy atom. The van der Waals surface area contributed by atoms with Crippen LogP contribution in [0.5, 0.6) is 0 Å². The minimum absolute atomic E-state index is 0.154. The molecule has 0 radical (unpaired) electrons. The lowest BCUT2D eigenvalue weighted by Crippen LogP contribution is -2.42. The van der Waals surface area contributed by atoms with E-state index in [0.717, 1.165) is 5.56 Å². The maximum atomic E-state index is 13.7. The second-order valence-corrected chi connectivity index (χ2v) is 8.57. The number of pyridine rings is 2. The molecule has 3 heterocycles. The molecule has 35 heavy (non-hydrogen) atoms. The zero-order valence-electron chi connectivity index (χ0n) is 19.7. The highest BCUT2D eigenvalue weighted by atomic mass is 35.5. The van der Waals surface area contributed by atoms with Crippen molar-refractivity contribution in [2.45, 2.75) is 25.9 Å². The molecule has 1 aromatic carbocycles. The summed E-state index contributed by atoms with van der Waals surface area (Å²) in [5, 5.41) is 3.82. The molecule has 0 bridgehead atoms. The van der Waals surface area contributed by atoms with Crippen molar-refractivity contribution < 1.29 is 4.79 Å². The molecule has 0 fully saturated rings. The number of hydrogen-bond donors (Lipinski definition) is 1. The Hall–Kier alpha value is -3.62. The number of aromatic nitrogens is 4. The van der Waals surface area contributed by atoms with Crippen LogP contribution in [0, 0.1) is 0 Å². The van der Waals surface area contributed by atoms with E-state index in [1.807, 2.05) is 44.3 Å². The molecule has 0 aliphatic heterocycles. The van der Waals surface area contributed by atoms with Crippen LogP contribution in [0.3, 0.4) is 0 Å². The topological polar surface area (TPSA) is 93.0 Å². The maximum Gasteiger partial charge on any atom is 0.263 e. The fourth-order valence-electron chi connectivity index (χ4n) is 4.10. The highest BCUT2D eigenvalue weighted by Crippen LogP contribution is 2.26. The second kappa shape index (κ2) is 11.2. The Labute approximate surface area is 208 Å². The molecule has 0 spiro atoms. The van der Waals surface area contributed by atoms with Gasteiger partial charge in [0, 0.05) is 37.2 Å². The molecule has 1 amide bonds. The quantitative estimate of drug-likeness (QED) is 0.384. The molecular weight excluding hydrogens is 464 g/mol. The van der Waals surface area contributed by atoms with Gasteiger partial charge in [-0.1, -0.05) is 48.9 Å². The predicted octanol–water partition coefficient (Wildman–Crippen LogP) is 3.70. The highest BCUT2D eigenvalue weighted by Gasteiger charge is 2.29. The Morgan fingerprint density at radius 1 is 1.17 bits per heavy atom. The first kappa shape index (κ1) is 24.5. The Bertz CT molecular complexity index is 1360. The zero-order valence-corrected chi connectivity index (χ0v) is 20.4. The van der Waals surface area contributed by atoms with Crippen LogP contribution in [-0.4, -0.2) is 50.5 Å². The smallest absolute Gasteiger partial charge is 0.263 e. The van der Waals surface area contributed by atoms with E-state index in [9.17, 15) is 9.59 Å². The lowest BCUT2D eigenvalue weighted by Gasteiger charge is -2.32. The number of hydrogen-bond acceptors (Lipinski definition) is 6. The fraction of sp³-hybridized carbons (Fsp3) is 0.269. The monoisotopic (exact) mass is 490 g/mol. The van der Waals surface area contributed by atoms with Gasteiger partial charge in [0.15, 0.2) is 5.65 Å². The Balaban J connectivity index is 1.89. The van der Waals surface area contributed by atoms with Crippen LogP contribution in [0.1, 0.15) is 41.1 Å². The third-order valence-electron chi connectivity index (χ3n) is 5.84. The third kappa shape index (κ3) is 5.39. The SMILES string of the molecule is CCC(c1nc2ncc(Cl)cc2c(=O)n1Cc1ccccc1)N(CCNC)C(=O)c1ccncc1. The van der Waals surface area contributed by atoms with Crippen LogP contribution < -0.4 is 10.9 Å². The van der Waals surface area contributed by atoms with Gasteiger partial charge in [-0.3, -0.25) is 19.1 Å². The van der Waals surface area contributed by atoms with Crippen molar-refractivity contribution in [2.24, 2.45) is 0 Å². The number of amides is 1. The summed E-state index contributed by atoms with van der Waals surface area (Å²) in [5.41, 5.74) is 1.54.